The van der Waals surface area contributed by atoms with Crippen molar-refractivity contribution in [3.8, 4) is 11.6 Å². The third-order valence-electron chi connectivity index (χ3n) is 2.88. The van der Waals surface area contributed by atoms with Crippen LogP contribution >= 0.6 is 0 Å². The van der Waals surface area contributed by atoms with Crippen molar-refractivity contribution in [3.63, 3.8) is 0 Å². The van der Waals surface area contributed by atoms with Crippen LogP contribution in [-0.4, -0.2) is 16.2 Å². The van der Waals surface area contributed by atoms with E-state index in [0.29, 0.717) is 23.0 Å². The lowest BCUT2D eigenvalue weighted by Gasteiger charge is -2.08. The standard InChI is InChI=1S/C16H14N4O3/c21-16(18-11-13-7-9-22-20-13)19-12-6-8-17-15(10-12)23-14-4-2-1-3-5-14/h1-10H,11H2,(H2,17,18,19,21). The second kappa shape index (κ2) is 7.08. The van der Waals surface area contributed by atoms with Gasteiger partial charge in [-0.05, 0) is 18.2 Å². The number of urea groups is 1. The van der Waals surface area contributed by atoms with Gasteiger partial charge >= 0.3 is 6.03 Å². The van der Waals surface area contributed by atoms with Crippen molar-refractivity contribution in [2.75, 3.05) is 5.32 Å². The van der Waals surface area contributed by atoms with E-state index in [2.05, 4.69) is 20.8 Å². The number of para-hydroxylation sites is 1. The molecular weight excluding hydrogens is 296 g/mol. The first-order valence-corrected chi connectivity index (χ1v) is 6.93. The number of rotatable bonds is 5. The molecule has 116 valence electrons. The number of carbonyl (C=O) groups is 1. The number of amides is 2. The molecular formula is C16H14N4O3. The van der Waals surface area contributed by atoms with Gasteiger partial charge in [0.2, 0.25) is 5.88 Å². The molecule has 0 saturated carbocycles. The van der Waals surface area contributed by atoms with Gasteiger partial charge in [-0.25, -0.2) is 9.78 Å². The van der Waals surface area contributed by atoms with Crippen LogP contribution in [0.2, 0.25) is 0 Å². The molecule has 0 radical (unpaired) electrons. The molecule has 0 aliphatic carbocycles. The van der Waals surface area contributed by atoms with E-state index < -0.39 is 0 Å². The molecule has 2 heterocycles. The first-order valence-electron chi connectivity index (χ1n) is 6.93. The number of anilines is 1. The van der Waals surface area contributed by atoms with Crippen molar-refractivity contribution in [2.24, 2.45) is 0 Å². The molecule has 1 aromatic carbocycles. The molecule has 0 atom stereocenters. The summed E-state index contributed by atoms with van der Waals surface area (Å²) < 4.78 is 10.3. The van der Waals surface area contributed by atoms with Crippen LogP contribution in [0.4, 0.5) is 10.5 Å². The van der Waals surface area contributed by atoms with Gasteiger partial charge in [0.15, 0.2) is 0 Å². The average molecular weight is 310 g/mol. The van der Waals surface area contributed by atoms with Crippen molar-refractivity contribution in [3.05, 3.63) is 66.7 Å². The van der Waals surface area contributed by atoms with E-state index in [1.165, 1.54) is 6.26 Å². The number of ether oxygens (including phenoxy) is 1. The van der Waals surface area contributed by atoms with E-state index in [4.69, 9.17) is 9.26 Å². The van der Waals surface area contributed by atoms with E-state index in [1.807, 2.05) is 30.3 Å². The van der Waals surface area contributed by atoms with E-state index in [9.17, 15) is 4.79 Å². The topological polar surface area (TPSA) is 89.3 Å². The molecule has 7 nitrogen and oxygen atoms in total. The maximum Gasteiger partial charge on any atom is 0.319 e. The molecule has 0 bridgehead atoms. The Hall–Kier alpha value is -3.35. The number of benzene rings is 1. The molecule has 0 aliphatic heterocycles. The van der Waals surface area contributed by atoms with Gasteiger partial charge in [0, 0.05) is 24.0 Å². The van der Waals surface area contributed by atoms with Gasteiger partial charge in [-0.15, -0.1) is 0 Å². The number of nitrogens with zero attached hydrogens (tertiary/aromatic N) is 2. The molecule has 0 saturated heterocycles. The van der Waals surface area contributed by atoms with Crippen LogP contribution in [0, 0.1) is 0 Å². The number of pyridine rings is 1. The van der Waals surface area contributed by atoms with Crippen LogP contribution in [0.25, 0.3) is 0 Å². The SMILES string of the molecule is O=C(NCc1ccon1)Nc1ccnc(Oc2ccccc2)c1. The summed E-state index contributed by atoms with van der Waals surface area (Å²) in [4.78, 5) is 15.9. The Bertz CT molecular complexity index is 760. The summed E-state index contributed by atoms with van der Waals surface area (Å²) in [7, 11) is 0. The van der Waals surface area contributed by atoms with E-state index in [0.717, 1.165) is 0 Å². The second-order valence-electron chi connectivity index (χ2n) is 4.60. The largest absolute Gasteiger partial charge is 0.439 e. The van der Waals surface area contributed by atoms with Crippen molar-refractivity contribution in [1.29, 1.82) is 0 Å². The zero-order chi connectivity index (χ0) is 15.9. The van der Waals surface area contributed by atoms with Gasteiger partial charge < -0.3 is 19.9 Å². The van der Waals surface area contributed by atoms with Crippen molar-refractivity contribution < 1.29 is 14.1 Å². The third kappa shape index (κ3) is 4.31. The minimum atomic E-state index is -0.357. The fraction of sp³-hybridized carbons (Fsp3) is 0.0625. The first kappa shape index (κ1) is 14.6. The Balaban J connectivity index is 1.57. The lowest BCUT2D eigenvalue weighted by Crippen LogP contribution is -2.28. The molecule has 2 N–H and O–H groups in total. The van der Waals surface area contributed by atoms with Crippen LogP contribution in [0.5, 0.6) is 11.6 Å². The summed E-state index contributed by atoms with van der Waals surface area (Å²) in [5.41, 5.74) is 1.21. The van der Waals surface area contributed by atoms with Crippen molar-refractivity contribution in [2.45, 2.75) is 6.54 Å². The molecule has 3 aromatic rings. The Kier molecular flexibility index (Phi) is 4.49. The maximum atomic E-state index is 11.8. The molecule has 0 aliphatic rings. The van der Waals surface area contributed by atoms with Crippen LogP contribution in [0.15, 0.2) is 65.5 Å². The fourth-order valence-electron chi connectivity index (χ4n) is 1.83. The van der Waals surface area contributed by atoms with E-state index in [-0.39, 0.29) is 12.6 Å². The van der Waals surface area contributed by atoms with Crippen LogP contribution in [0.1, 0.15) is 5.69 Å². The summed E-state index contributed by atoms with van der Waals surface area (Å²) in [6, 6.07) is 13.9. The third-order valence-corrected chi connectivity index (χ3v) is 2.88. The Morgan fingerprint density at radius 3 is 2.83 bits per heavy atom. The normalized spacial score (nSPS) is 10.1. The summed E-state index contributed by atoms with van der Waals surface area (Å²) in [6.45, 7) is 0.279. The van der Waals surface area contributed by atoms with E-state index in [1.54, 1.807) is 24.4 Å². The zero-order valence-electron chi connectivity index (χ0n) is 12.1. The Morgan fingerprint density at radius 2 is 2.04 bits per heavy atom. The summed E-state index contributed by atoms with van der Waals surface area (Å²) in [6.07, 6.45) is 3.01. The fourth-order valence-corrected chi connectivity index (χ4v) is 1.83. The molecule has 0 fully saturated rings. The minimum absolute atomic E-state index is 0.279. The van der Waals surface area contributed by atoms with Gasteiger partial charge in [0.25, 0.3) is 0 Å². The highest BCUT2D eigenvalue weighted by atomic mass is 16.5. The molecule has 0 unspecified atom stereocenters. The zero-order valence-corrected chi connectivity index (χ0v) is 12.1. The van der Waals surface area contributed by atoms with Crippen molar-refractivity contribution in [1.82, 2.24) is 15.5 Å². The lowest BCUT2D eigenvalue weighted by molar-refractivity contribution is 0.251. The smallest absolute Gasteiger partial charge is 0.319 e. The molecule has 3 rings (SSSR count). The molecule has 0 spiro atoms. The molecule has 2 aromatic heterocycles. The molecule has 23 heavy (non-hydrogen) atoms. The Morgan fingerprint density at radius 1 is 1.17 bits per heavy atom. The Labute approximate surface area is 132 Å². The van der Waals surface area contributed by atoms with Gasteiger partial charge in [0.05, 0.1) is 6.54 Å². The van der Waals surface area contributed by atoms with Crippen LogP contribution < -0.4 is 15.4 Å². The lowest BCUT2D eigenvalue weighted by atomic mass is 10.3. The second-order valence-corrected chi connectivity index (χ2v) is 4.60. The molecule has 7 heteroatoms. The van der Waals surface area contributed by atoms with Crippen LogP contribution in [-0.2, 0) is 6.54 Å². The highest BCUT2D eigenvalue weighted by molar-refractivity contribution is 5.89. The summed E-state index contributed by atoms with van der Waals surface area (Å²) in [5.74, 6) is 1.07. The number of hydrogen-bond acceptors (Lipinski definition) is 5. The van der Waals surface area contributed by atoms with Gasteiger partial charge in [-0.2, -0.15) is 0 Å². The highest BCUT2D eigenvalue weighted by Crippen LogP contribution is 2.21. The average Bonchev–Trinajstić information content (AvgIpc) is 3.08. The monoisotopic (exact) mass is 310 g/mol. The highest BCUT2D eigenvalue weighted by Gasteiger charge is 2.05. The van der Waals surface area contributed by atoms with Gasteiger partial charge in [-0.1, -0.05) is 23.4 Å². The maximum absolute atomic E-state index is 11.8. The molecule has 2 amide bonds. The number of aromatic nitrogens is 2. The predicted octanol–water partition coefficient (Wildman–Crippen LogP) is 3.18. The van der Waals surface area contributed by atoms with Crippen molar-refractivity contribution >= 4 is 11.7 Å². The number of carbonyl (C=O) groups excluding carboxylic acids is 1. The first-order chi connectivity index (χ1) is 11.3. The van der Waals surface area contributed by atoms with E-state index >= 15 is 0 Å². The summed E-state index contributed by atoms with van der Waals surface area (Å²) >= 11 is 0. The summed E-state index contributed by atoms with van der Waals surface area (Å²) in [5, 5.41) is 9.08. The predicted molar refractivity (Wildman–Crippen MR) is 83.1 cm³/mol. The van der Waals surface area contributed by atoms with Gasteiger partial charge in [0.1, 0.15) is 17.7 Å². The van der Waals surface area contributed by atoms with Crippen LogP contribution in [0.3, 0.4) is 0 Å². The minimum Gasteiger partial charge on any atom is -0.439 e. The number of hydrogen-bond donors (Lipinski definition) is 2. The van der Waals surface area contributed by atoms with Gasteiger partial charge in [-0.3, -0.25) is 0 Å². The quantitative estimate of drug-likeness (QED) is 0.755. The number of nitrogens with one attached hydrogen (secondary N) is 2.